The number of hydrogen-bond acceptors (Lipinski definition) is 4. The number of amides is 2. The standard InChI is InChI=1S/C31H33F2N3O3/c1-21(37)25-8-2-24(3-9-25)18-36-19-28(30(38)34-16-14-22-4-10-26(32)11-5-22)29(20-36)31(39)35-17-15-23-6-12-27(33)13-7-23/h2-13,28-29H,14-20H2,1H3,(H,34,38)(H,35,39)/t28-,29-/m0/s1. The monoisotopic (exact) mass is 533 g/mol. The lowest BCUT2D eigenvalue weighted by molar-refractivity contribution is -0.132. The largest absolute Gasteiger partial charge is 0.355 e. The molecular formula is C31H33F2N3O3. The van der Waals surface area contributed by atoms with E-state index in [1.807, 2.05) is 12.1 Å². The highest BCUT2D eigenvalue weighted by atomic mass is 19.1. The fourth-order valence-electron chi connectivity index (χ4n) is 4.87. The molecule has 0 unspecified atom stereocenters. The van der Waals surface area contributed by atoms with Crippen LogP contribution in [0.1, 0.15) is 34.0 Å². The molecule has 0 aromatic heterocycles. The number of halogens is 2. The summed E-state index contributed by atoms with van der Waals surface area (Å²) >= 11 is 0. The molecule has 204 valence electrons. The quantitative estimate of drug-likeness (QED) is 0.366. The first-order valence-electron chi connectivity index (χ1n) is 13.1. The van der Waals surface area contributed by atoms with Crippen molar-refractivity contribution in [1.82, 2.24) is 15.5 Å². The lowest BCUT2D eigenvalue weighted by Gasteiger charge is -2.18. The van der Waals surface area contributed by atoms with Gasteiger partial charge in [0.25, 0.3) is 0 Å². The van der Waals surface area contributed by atoms with E-state index in [0.29, 0.717) is 51.1 Å². The minimum atomic E-state index is -0.527. The second kappa shape index (κ2) is 13.2. The van der Waals surface area contributed by atoms with Crippen molar-refractivity contribution in [2.24, 2.45) is 11.8 Å². The third kappa shape index (κ3) is 8.04. The molecular weight excluding hydrogens is 500 g/mol. The summed E-state index contributed by atoms with van der Waals surface area (Å²) in [7, 11) is 0. The van der Waals surface area contributed by atoms with Crippen molar-refractivity contribution in [3.63, 3.8) is 0 Å². The molecule has 2 atom stereocenters. The number of rotatable bonds is 11. The molecule has 6 nitrogen and oxygen atoms in total. The number of likely N-dealkylation sites (tertiary alicyclic amines) is 1. The van der Waals surface area contributed by atoms with Crippen LogP contribution in [0, 0.1) is 23.5 Å². The van der Waals surface area contributed by atoms with E-state index in [9.17, 15) is 23.2 Å². The van der Waals surface area contributed by atoms with Crippen molar-refractivity contribution in [2.45, 2.75) is 26.3 Å². The first-order valence-corrected chi connectivity index (χ1v) is 13.1. The van der Waals surface area contributed by atoms with Gasteiger partial charge in [-0.05, 0) is 60.7 Å². The number of hydrogen-bond donors (Lipinski definition) is 2. The number of nitrogens with one attached hydrogen (secondary N) is 2. The second-order valence-electron chi connectivity index (χ2n) is 10.00. The van der Waals surface area contributed by atoms with Crippen LogP contribution in [0.2, 0.25) is 0 Å². The third-order valence-electron chi connectivity index (χ3n) is 7.09. The average Bonchev–Trinajstić information content (AvgIpc) is 3.35. The highest BCUT2D eigenvalue weighted by Crippen LogP contribution is 2.26. The number of nitrogens with zero attached hydrogens (tertiary/aromatic N) is 1. The van der Waals surface area contributed by atoms with Gasteiger partial charge in [0, 0.05) is 38.3 Å². The van der Waals surface area contributed by atoms with Gasteiger partial charge in [-0.25, -0.2) is 8.78 Å². The van der Waals surface area contributed by atoms with Crippen molar-refractivity contribution < 1.29 is 23.2 Å². The molecule has 8 heteroatoms. The Morgan fingerprint density at radius 3 is 1.51 bits per heavy atom. The van der Waals surface area contributed by atoms with E-state index in [0.717, 1.165) is 16.7 Å². The smallest absolute Gasteiger partial charge is 0.225 e. The zero-order valence-electron chi connectivity index (χ0n) is 22.0. The molecule has 0 spiro atoms. The molecule has 1 saturated heterocycles. The molecule has 39 heavy (non-hydrogen) atoms. The van der Waals surface area contributed by atoms with Gasteiger partial charge < -0.3 is 10.6 Å². The Bertz CT molecular complexity index is 1210. The van der Waals surface area contributed by atoms with Gasteiger partial charge in [-0.1, -0.05) is 48.5 Å². The van der Waals surface area contributed by atoms with Gasteiger partial charge >= 0.3 is 0 Å². The molecule has 3 aromatic rings. The van der Waals surface area contributed by atoms with Crippen LogP contribution >= 0.6 is 0 Å². The molecule has 2 N–H and O–H groups in total. The predicted molar refractivity (Wildman–Crippen MR) is 145 cm³/mol. The molecule has 2 amide bonds. The molecule has 1 fully saturated rings. The van der Waals surface area contributed by atoms with Crippen LogP contribution in [0.15, 0.2) is 72.8 Å². The van der Waals surface area contributed by atoms with Crippen molar-refractivity contribution >= 4 is 17.6 Å². The number of ketones is 1. The van der Waals surface area contributed by atoms with E-state index in [-0.39, 0.29) is 29.2 Å². The summed E-state index contributed by atoms with van der Waals surface area (Å²) in [6, 6.07) is 19.7. The van der Waals surface area contributed by atoms with E-state index < -0.39 is 11.8 Å². The fraction of sp³-hybridized carbons (Fsp3) is 0.323. The van der Waals surface area contributed by atoms with Gasteiger partial charge in [0.15, 0.2) is 5.78 Å². The van der Waals surface area contributed by atoms with Gasteiger partial charge in [-0.3, -0.25) is 19.3 Å². The molecule has 0 radical (unpaired) electrons. The van der Waals surface area contributed by atoms with Gasteiger partial charge in [0.05, 0.1) is 11.8 Å². The number of carbonyl (C=O) groups is 3. The van der Waals surface area contributed by atoms with E-state index in [1.54, 1.807) is 36.4 Å². The summed E-state index contributed by atoms with van der Waals surface area (Å²) in [4.78, 5) is 40.1. The summed E-state index contributed by atoms with van der Waals surface area (Å²) in [6.07, 6.45) is 1.11. The van der Waals surface area contributed by atoms with Crippen LogP contribution in [0.3, 0.4) is 0 Å². The summed E-state index contributed by atoms with van der Waals surface area (Å²) < 4.78 is 26.3. The Hall–Kier alpha value is -3.91. The van der Waals surface area contributed by atoms with Crippen molar-refractivity contribution in [2.75, 3.05) is 26.2 Å². The lowest BCUT2D eigenvalue weighted by atomic mass is 9.94. The van der Waals surface area contributed by atoms with Crippen molar-refractivity contribution in [1.29, 1.82) is 0 Å². The number of carbonyl (C=O) groups excluding carboxylic acids is 3. The van der Waals surface area contributed by atoms with Gasteiger partial charge in [-0.2, -0.15) is 0 Å². The molecule has 0 aliphatic carbocycles. The van der Waals surface area contributed by atoms with E-state index in [2.05, 4.69) is 15.5 Å². The maximum Gasteiger partial charge on any atom is 0.225 e. The van der Waals surface area contributed by atoms with Crippen molar-refractivity contribution in [3.05, 3.63) is 107 Å². The Morgan fingerprint density at radius 2 is 1.10 bits per heavy atom. The average molecular weight is 534 g/mol. The molecule has 1 aliphatic heterocycles. The highest BCUT2D eigenvalue weighted by molar-refractivity contribution is 5.94. The summed E-state index contributed by atoms with van der Waals surface area (Å²) in [5.41, 5.74) is 3.45. The fourth-order valence-corrected chi connectivity index (χ4v) is 4.87. The Morgan fingerprint density at radius 1 is 0.692 bits per heavy atom. The minimum Gasteiger partial charge on any atom is -0.355 e. The predicted octanol–water partition coefficient (Wildman–Crippen LogP) is 3.93. The number of benzene rings is 3. The zero-order valence-corrected chi connectivity index (χ0v) is 22.0. The van der Waals surface area contributed by atoms with Crippen LogP contribution in [-0.4, -0.2) is 48.7 Å². The maximum absolute atomic E-state index is 13.2. The Kier molecular flexibility index (Phi) is 9.54. The minimum absolute atomic E-state index is 0.00235. The molecule has 4 rings (SSSR count). The van der Waals surface area contributed by atoms with Crippen LogP contribution in [0.25, 0.3) is 0 Å². The molecule has 1 aliphatic rings. The first-order chi connectivity index (χ1) is 18.8. The normalized spacial score (nSPS) is 17.1. The SMILES string of the molecule is CC(=O)c1ccc(CN2C[C@H](C(=O)NCCc3ccc(F)cc3)[C@@H](C(=O)NCCc3ccc(F)cc3)C2)cc1. The van der Waals surface area contributed by atoms with E-state index in [4.69, 9.17) is 0 Å². The van der Waals surface area contributed by atoms with E-state index in [1.165, 1.54) is 31.2 Å². The topological polar surface area (TPSA) is 78.5 Å². The van der Waals surface area contributed by atoms with Crippen LogP contribution in [0.4, 0.5) is 8.78 Å². The van der Waals surface area contributed by atoms with Crippen LogP contribution < -0.4 is 10.6 Å². The second-order valence-corrected chi connectivity index (χ2v) is 10.00. The molecule has 0 bridgehead atoms. The van der Waals surface area contributed by atoms with Crippen LogP contribution in [0.5, 0.6) is 0 Å². The van der Waals surface area contributed by atoms with Crippen molar-refractivity contribution in [3.8, 4) is 0 Å². The summed E-state index contributed by atoms with van der Waals surface area (Å²) in [5.74, 6) is -2.05. The number of Topliss-reactive ketones (excluding diaryl/α,β-unsaturated/α-hetero) is 1. The maximum atomic E-state index is 13.2. The molecule has 3 aromatic carbocycles. The molecule has 0 saturated carbocycles. The van der Waals surface area contributed by atoms with Crippen LogP contribution in [-0.2, 0) is 29.0 Å². The van der Waals surface area contributed by atoms with Gasteiger partial charge in [0.1, 0.15) is 11.6 Å². The van der Waals surface area contributed by atoms with E-state index >= 15 is 0 Å². The highest BCUT2D eigenvalue weighted by Gasteiger charge is 2.41. The van der Waals surface area contributed by atoms with Gasteiger partial charge in [-0.15, -0.1) is 0 Å². The van der Waals surface area contributed by atoms with Gasteiger partial charge in [0.2, 0.25) is 11.8 Å². The Balaban J connectivity index is 1.37. The first kappa shape index (κ1) is 28.1. The summed E-state index contributed by atoms with van der Waals surface area (Å²) in [5, 5.41) is 5.90. The third-order valence-corrected chi connectivity index (χ3v) is 7.09. The zero-order chi connectivity index (χ0) is 27.8. The lowest BCUT2D eigenvalue weighted by Crippen LogP contribution is -2.42. The Labute approximate surface area is 227 Å². The summed E-state index contributed by atoms with van der Waals surface area (Å²) in [6.45, 7) is 3.68. The molecule has 1 heterocycles.